The standard InChI is InChI=1S/C20H25N3O4/c24-18(16-27-20-9-5-4-8-19(20)23(25)26)15-22-12-10-21(11-13-22)14-17-6-2-1-3-7-17/h1-9,18,24H,10-16H2. The highest BCUT2D eigenvalue weighted by atomic mass is 16.6. The molecule has 27 heavy (non-hydrogen) atoms. The zero-order chi connectivity index (χ0) is 19.1. The molecule has 1 atom stereocenters. The van der Waals surface area contributed by atoms with Crippen molar-refractivity contribution in [1.29, 1.82) is 0 Å². The Kier molecular flexibility index (Phi) is 6.75. The van der Waals surface area contributed by atoms with Crippen LogP contribution in [-0.2, 0) is 6.54 Å². The number of hydrogen-bond acceptors (Lipinski definition) is 6. The Morgan fingerprint density at radius 3 is 2.33 bits per heavy atom. The summed E-state index contributed by atoms with van der Waals surface area (Å²) < 4.78 is 5.47. The number of nitro benzene ring substituents is 1. The molecule has 0 spiro atoms. The highest BCUT2D eigenvalue weighted by molar-refractivity contribution is 5.45. The number of para-hydroxylation sites is 2. The normalized spacial score (nSPS) is 16.8. The maximum Gasteiger partial charge on any atom is 0.310 e. The van der Waals surface area contributed by atoms with Crippen LogP contribution in [0, 0.1) is 10.1 Å². The fraction of sp³-hybridized carbons (Fsp3) is 0.400. The molecule has 1 fully saturated rings. The molecule has 2 aromatic carbocycles. The van der Waals surface area contributed by atoms with E-state index in [-0.39, 0.29) is 18.0 Å². The second-order valence-electron chi connectivity index (χ2n) is 6.75. The van der Waals surface area contributed by atoms with E-state index in [0.717, 1.165) is 32.7 Å². The molecule has 1 aliphatic heterocycles. The first-order chi connectivity index (χ1) is 13.1. The number of aliphatic hydroxyl groups excluding tert-OH is 1. The molecule has 7 heteroatoms. The van der Waals surface area contributed by atoms with Gasteiger partial charge in [-0.15, -0.1) is 0 Å². The van der Waals surface area contributed by atoms with Crippen molar-refractivity contribution in [1.82, 2.24) is 9.80 Å². The molecular formula is C20H25N3O4. The lowest BCUT2D eigenvalue weighted by Gasteiger charge is -2.35. The molecule has 1 unspecified atom stereocenters. The Hall–Kier alpha value is -2.48. The van der Waals surface area contributed by atoms with Crippen LogP contribution in [0.15, 0.2) is 54.6 Å². The van der Waals surface area contributed by atoms with Crippen LogP contribution in [0.1, 0.15) is 5.56 Å². The molecule has 2 aromatic rings. The van der Waals surface area contributed by atoms with Gasteiger partial charge < -0.3 is 9.84 Å². The Morgan fingerprint density at radius 2 is 1.63 bits per heavy atom. The maximum absolute atomic E-state index is 11.0. The number of nitrogens with zero attached hydrogens (tertiary/aromatic N) is 3. The van der Waals surface area contributed by atoms with Crippen LogP contribution in [0.2, 0.25) is 0 Å². The molecule has 1 N–H and O–H groups in total. The quantitative estimate of drug-likeness (QED) is 0.566. The predicted octanol–water partition coefficient (Wildman–Crippen LogP) is 2.15. The van der Waals surface area contributed by atoms with E-state index < -0.39 is 11.0 Å². The van der Waals surface area contributed by atoms with Crippen molar-refractivity contribution in [3.05, 3.63) is 70.3 Å². The molecule has 0 amide bonds. The number of hydrogen-bond donors (Lipinski definition) is 1. The van der Waals surface area contributed by atoms with Crippen molar-refractivity contribution in [2.75, 3.05) is 39.3 Å². The largest absolute Gasteiger partial charge is 0.484 e. The molecule has 0 saturated carbocycles. The zero-order valence-corrected chi connectivity index (χ0v) is 15.2. The molecule has 1 aliphatic rings. The smallest absolute Gasteiger partial charge is 0.310 e. The fourth-order valence-electron chi connectivity index (χ4n) is 3.24. The summed E-state index contributed by atoms with van der Waals surface area (Å²) >= 11 is 0. The highest BCUT2D eigenvalue weighted by Gasteiger charge is 2.20. The molecule has 0 aliphatic carbocycles. The highest BCUT2D eigenvalue weighted by Crippen LogP contribution is 2.25. The number of benzene rings is 2. The SMILES string of the molecule is O=[N+]([O-])c1ccccc1OCC(O)CN1CCN(Cc2ccccc2)CC1. The van der Waals surface area contributed by atoms with Gasteiger partial charge in [0.1, 0.15) is 12.7 Å². The van der Waals surface area contributed by atoms with Crippen LogP contribution in [0.3, 0.4) is 0 Å². The van der Waals surface area contributed by atoms with E-state index in [0.29, 0.717) is 6.54 Å². The topological polar surface area (TPSA) is 79.1 Å². The third kappa shape index (κ3) is 5.75. The van der Waals surface area contributed by atoms with E-state index in [4.69, 9.17) is 4.74 Å². The van der Waals surface area contributed by atoms with Crippen LogP contribution >= 0.6 is 0 Å². The van der Waals surface area contributed by atoms with Gasteiger partial charge in [0.15, 0.2) is 5.75 Å². The summed E-state index contributed by atoms with van der Waals surface area (Å²) in [5.74, 6) is 0.189. The Labute approximate surface area is 158 Å². The van der Waals surface area contributed by atoms with Crippen molar-refractivity contribution in [2.24, 2.45) is 0 Å². The van der Waals surface area contributed by atoms with E-state index >= 15 is 0 Å². The first kappa shape index (κ1) is 19.3. The molecule has 1 saturated heterocycles. The van der Waals surface area contributed by atoms with Gasteiger partial charge in [0.25, 0.3) is 0 Å². The van der Waals surface area contributed by atoms with Crippen molar-refractivity contribution in [2.45, 2.75) is 12.6 Å². The Bertz CT molecular complexity index is 733. The molecule has 7 nitrogen and oxygen atoms in total. The average Bonchev–Trinajstić information content (AvgIpc) is 2.69. The van der Waals surface area contributed by atoms with Crippen molar-refractivity contribution in [3.8, 4) is 5.75 Å². The van der Waals surface area contributed by atoms with Crippen molar-refractivity contribution < 1.29 is 14.8 Å². The molecule has 0 bridgehead atoms. The molecule has 0 aromatic heterocycles. The maximum atomic E-state index is 11.0. The summed E-state index contributed by atoms with van der Waals surface area (Å²) in [4.78, 5) is 15.1. The first-order valence-corrected chi connectivity index (χ1v) is 9.15. The second-order valence-corrected chi connectivity index (χ2v) is 6.75. The Morgan fingerprint density at radius 1 is 1.00 bits per heavy atom. The number of ether oxygens (including phenoxy) is 1. The van der Waals surface area contributed by atoms with Gasteiger partial charge in [0.2, 0.25) is 0 Å². The van der Waals surface area contributed by atoms with Crippen molar-refractivity contribution in [3.63, 3.8) is 0 Å². The minimum Gasteiger partial charge on any atom is -0.484 e. The summed E-state index contributed by atoms with van der Waals surface area (Å²) in [6, 6.07) is 16.6. The third-order valence-corrected chi connectivity index (χ3v) is 4.68. The van der Waals surface area contributed by atoms with Crippen LogP contribution in [0.4, 0.5) is 5.69 Å². The fourth-order valence-corrected chi connectivity index (χ4v) is 3.24. The summed E-state index contributed by atoms with van der Waals surface area (Å²) in [5.41, 5.74) is 1.23. The van der Waals surface area contributed by atoms with Gasteiger partial charge in [0, 0.05) is 45.3 Å². The van der Waals surface area contributed by atoms with E-state index in [9.17, 15) is 15.2 Å². The summed E-state index contributed by atoms with van der Waals surface area (Å²) in [5, 5.41) is 21.2. The summed E-state index contributed by atoms with van der Waals surface area (Å²) in [6.45, 7) is 5.15. The number of rotatable bonds is 8. The van der Waals surface area contributed by atoms with Crippen molar-refractivity contribution >= 4 is 5.69 Å². The van der Waals surface area contributed by atoms with E-state index in [2.05, 4.69) is 34.1 Å². The minimum atomic E-state index is -0.689. The van der Waals surface area contributed by atoms with Crippen LogP contribution in [0.25, 0.3) is 0 Å². The van der Waals surface area contributed by atoms with Crippen LogP contribution in [-0.4, -0.2) is 65.3 Å². The number of β-amino-alcohol motifs (C(OH)–C–C–N with tert-alkyl or cyclic N) is 1. The summed E-state index contributed by atoms with van der Waals surface area (Å²) in [6.07, 6.45) is -0.689. The van der Waals surface area contributed by atoms with Gasteiger partial charge in [0.05, 0.1) is 4.92 Å². The molecule has 3 rings (SSSR count). The predicted molar refractivity (Wildman–Crippen MR) is 103 cm³/mol. The van der Waals surface area contributed by atoms with E-state index in [1.54, 1.807) is 18.2 Å². The van der Waals surface area contributed by atoms with Gasteiger partial charge in [-0.05, 0) is 11.6 Å². The lowest BCUT2D eigenvalue weighted by Crippen LogP contribution is -2.48. The minimum absolute atomic E-state index is 0.0368. The van der Waals surface area contributed by atoms with Crippen LogP contribution in [0.5, 0.6) is 5.75 Å². The van der Waals surface area contributed by atoms with Crippen LogP contribution < -0.4 is 4.74 Å². The van der Waals surface area contributed by atoms with Gasteiger partial charge >= 0.3 is 5.69 Å². The monoisotopic (exact) mass is 371 g/mol. The van der Waals surface area contributed by atoms with E-state index in [1.165, 1.54) is 11.6 Å². The Balaban J connectivity index is 1.41. The lowest BCUT2D eigenvalue weighted by atomic mass is 10.2. The molecular weight excluding hydrogens is 346 g/mol. The zero-order valence-electron chi connectivity index (χ0n) is 15.2. The number of nitro groups is 1. The van der Waals surface area contributed by atoms with Gasteiger partial charge in [-0.25, -0.2) is 0 Å². The summed E-state index contributed by atoms with van der Waals surface area (Å²) in [7, 11) is 0. The second kappa shape index (κ2) is 9.45. The van der Waals surface area contributed by atoms with E-state index in [1.807, 2.05) is 6.07 Å². The average molecular weight is 371 g/mol. The molecule has 0 radical (unpaired) electrons. The van der Waals surface area contributed by atoms with Gasteiger partial charge in [-0.3, -0.25) is 19.9 Å². The lowest BCUT2D eigenvalue weighted by molar-refractivity contribution is -0.385. The van der Waals surface area contributed by atoms with Gasteiger partial charge in [-0.2, -0.15) is 0 Å². The van der Waals surface area contributed by atoms with Gasteiger partial charge in [-0.1, -0.05) is 42.5 Å². The molecule has 144 valence electrons. The number of aliphatic hydroxyl groups is 1. The third-order valence-electron chi connectivity index (χ3n) is 4.68. The molecule has 1 heterocycles. The first-order valence-electron chi connectivity index (χ1n) is 9.15. The number of piperazine rings is 1.